The number of hydrogen-bond donors (Lipinski definition) is 2. The quantitative estimate of drug-likeness (QED) is 0.418. The Bertz CT molecular complexity index is 1250. The molecule has 1 spiro atoms. The minimum atomic E-state index is -4.57. The molecule has 0 radical (unpaired) electrons. The molecule has 2 aliphatic heterocycles. The molecule has 0 aliphatic carbocycles. The highest BCUT2D eigenvalue weighted by molar-refractivity contribution is 6.31. The molecular formula is C25H19Cl2F3N2O. The van der Waals surface area contributed by atoms with Gasteiger partial charge in [-0.05, 0) is 60.0 Å². The van der Waals surface area contributed by atoms with Crippen molar-refractivity contribution in [2.24, 2.45) is 0 Å². The number of halogens is 5. The molecule has 1 amide bonds. The molecule has 0 saturated carbocycles. The van der Waals surface area contributed by atoms with Gasteiger partial charge in [-0.2, -0.15) is 13.2 Å². The molecule has 2 N–H and O–H groups in total. The number of benzene rings is 3. The second-order valence-corrected chi connectivity index (χ2v) is 9.25. The Hall–Kier alpha value is -2.54. The van der Waals surface area contributed by atoms with Gasteiger partial charge in [-0.25, -0.2) is 0 Å². The van der Waals surface area contributed by atoms with Crippen molar-refractivity contribution in [2.75, 3.05) is 11.9 Å². The smallest absolute Gasteiger partial charge is 0.325 e. The third kappa shape index (κ3) is 3.52. The molecule has 5 rings (SSSR count). The molecule has 0 bridgehead atoms. The van der Waals surface area contributed by atoms with Gasteiger partial charge in [0.15, 0.2) is 0 Å². The lowest BCUT2D eigenvalue weighted by Gasteiger charge is -2.47. The van der Waals surface area contributed by atoms with E-state index in [1.165, 1.54) is 12.1 Å². The topological polar surface area (TPSA) is 41.1 Å². The summed E-state index contributed by atoms with van der Waals surface area (Å²) in [4.78, 5) is 13.8. The molecule has 3 unspecified atom stereocenters. The van der Waals surface area contributed by atoms with Gasteiger partial charge >= 0.3 is 6.18 Å². The predicted octanol–water partition coefficient (Wildman–Crippen LogP) is 6.72. The molecule has 2 aliphatic rings. The minimum absolute atomic E-state index is 0.0367. The van der Waals surface area contributed by atoms with Crippen molar-refractivity contribution in [3.05, 3.63) is 99.0 Å². The molecule has 8 heteroatoms. The Kier molecular flexibility index (Phi) is 5.43. The largest absolute Gasteiger partial charge is 0.416 e. The summed E-state index contributed by atoms with van der Waals surface area (Å²) in [5.74, 6) is -0.773. The van der Waals surface area contributed by atoms with E-state index in [2.05, 4.69) is 10.6 Å². The van der Waals surface area contributed by atoms with Crippen molar-refractivity contribution in [1.29, 1.82) is 0 Å². The molecule has 1 saturated heterocycles. The van der Waals surface area contributed by atoms with Crippen molar-refractivity contribution < 1.29 is 18.0 Å². The lowest BCUT2D eigenvalue weighted by molar-refractivity contribution is -0.139. The number of nitrogens with one attached hydrogen (secondary N) is 2. The Balaban J connectivity index is 1.81. The highest BCUT2D eigenvalue weighted by Crippen LogP contribution is 2.58. The van der Waals surface area contributed by atoms with Gasteiger partial charge < -0.3 is 10.6 Å². The first kappa shape index (κ1) is 22.3. The number of anilines is 1. The third-order valence-electron chi connectivity index (χ3n) is 6.67. The molecule has 1 fully saturated rings. The number of hydrogen-bond acceptors (Lipinski definition) is 2. The molecule has 170 valence electrons. The van der Waals surface area contributed by atoms with Crippen LogP contribution in [0, 0.1) is 0 Å². The van der Waals surface area contributed by atoms with Crippen LogP contribution < -0.4 is 10.6 Å². The lowest BCUT2D eigenvalue weighted by atomic mass is 9.59. The Morgan fingerprint density at radius 3 is 2.45 bits per heavy atom. The molecule has 3 aromatic carbocycles. The standard InChI is InChI=1S/C25H19Cl2F3N2O/c26-15-5-3-4-14(12-15)18-10-11-31-22(17-6-1-2-7-19(17)25(28,29)30)24(18)20-9-8-16(27)13-21(20)32-23(24)33/h1-9,12-13,18,22,31H,10-11H2,(H,32,33). The Labute approximate surface area is 198 Å². The minimum Gasteiger partial charge on any atom is -0.325 e. The van der Waals surface area contributed by atoms with Gasteiger partial charge in [0.1, 0.15) is 5.41 Å². The summed E-state index contributed by atoms with van der Waals surface area (Å²) in [7, 11) is 0. The summed E-state index contributed by atoms with van der Waals surface area (Å²) >= 11 is 12.5. The molecular weight excluding hydrogens is 472 g/mol. The molecule has 0 aromatic heterocycles. The molecule has 33 heavy (non-hydrogen) atoms. The molecule has 3 aromatic rings. The number of rotatable bonds is 2. The summed E-state index contributed by atoms with van der Waals surface area (Å²) in [6.45, 7) is 0.436. The average Bonchev–Trinajstić information content (AvgIpc) is 3.04. The number of carbonyl (C=O) groups excluding carboxylic acids is 1. The van der Waals surface area contributed by atoms with Crippen molar-refractivity contribution in [3.63, 3.8) is 0 Å². The predicted molar refractivity (Wildman–Crippen MR) is 123 cm³/mol. The number of alkyl halides is 3. The lowest BCUT2D eigenvalue weighted by Crippen LogP contribution is -2.55. The van der Waals surface area contributed by atoms with Crippen LogP contribution in [-0.2, 0) is 16.4 Å². The van der Waals surface area contributed by atoms with E-state index in [0.717, 1.165) is 11.6 Å². The van der Waals surface area contributed by atoms with Crippen LogP contribution in [0.15, 0.2) is 66.7 Å². The molecule has 3 atom stereocenters. The summed E-state index contributed by atoms with van der Waals surface area (Å²) in [5.41, 5.74) is -0.117. The second-order valence-electron chi connectivity index (χ2n) is 8.38. The summed E-state index contributed by atoms with van der Waals surface area (Å²) in [5, 5.41) is 7.08. The van der Waals surface area contributed by atoms with Crippen molar-refractivity contribution in [1.82, 2.24) is 5.32 Å². The van der Waals surface area contributed by atoms with E-state index in [1.54, 1.807) is 42.5 Å². The highest BCUT2D eigenvalue weighted by Gasteiger charge is 2.60. The van der Waals surface area contributed by atoms with E-state index in [0.29, 0.717) is 34.3 Å². The Morgan fingerprint density at radius 1 is 0.939 bits per heavy atom. The normalized spacial score (nSPS) is 24.6. The van der Waals surface area contributed by atoms with Gasteiger partial charge in [-0.1, -0.05) is 59.6 Å². The van der Waals surface area contributed by atoms with E-state index in [1.807, 2.05) is 6.07 Å². The van der Waals surface area contributed by atoms with Crippen LogP contribution in [0.1, 0.15) is 40.6 Å². The average molecular weight is 491 g/mol. The van der Waals surface area contributed by atoms with Crippen LogP contribution >= 0.6 is 23.2 Å². The van der Waals surface area contributed by atoms with Crippen LogP contribution in [-0.4, -0.2) is 12.5 Å². The third-order valence-corrected chi connectivity index (χ3v) is 7.14. The first-order valence-corrected chi connectivity index (χ1v) is 11.2. The maximum Gasteiger partial charge on any atom is 0.416 e. The van der Waals surface area contributed by atoms with Gasteiger partial charge in [0.2, 0.25) is 5.91 Å². The van der Waals surface area contributed by atoms with Crippen molar-refractivity contribution in [3.8, 4) is 0 Å². The fourth-order valence-electron chi connectivity index (χ4n) is 5.44. The van der Waals surface area contributed by atoms with Crippen LogP contribution in [0.5, 0.6) is 0 Å². The van der Waals surface area contributed by atoms with Gasteiger partial charge in [0, 0.05) is 21.7 Å². The SMILES string of the molecule is O=C1Nc2cc(Cl)ccc2C12C(c1cccc(Cl)c1)CCNC2c1ccccc1C(F)(F)F. The van der Waals surface area contributed by atoms with E-state index in [-0.39, 0.29) is 11.5 Å². The molecule has 2 heterocycles. The Morgan fingerprint density at radius 2 is 1.70 bits per heavy atom. The maximum atomic E-state index is 14.0. The van der Waals surface area contributed by atoms with Gasteiger partial charge in [-0.3, -0.25) is 4.79 Å². The first-order chi connectivity index (χ1) is 15.7. The summed E-state index contributed by atoms with van der Waals surface area (Å²) in [6.07, 6.45) is -4.03. The number of piperidine rings is 1. The number of fused-ring (bicyclic) bond motifs is 2. The fourth-order valence-corrected chi connectivity index (χ4v) is 5.81. The van der Waals surface area contributed by atoms with E-state index in [9.17, 15) is 18.0 Å². The zero-order chi connectivity index (χ0) is 23.4. The zero-order valence-corrected chi connectivity index (χ0v) is 18.7. The first-order valence-electron chi connectivity index (χ1n) is 10.5. The molecule has 3 nitrogen and oxygen atoms in total. The van der Waals surface area contributed by atoms with Gasteiger partial charge in [-0.15, -0.1) is 0 Å². The number of carbonyl (C=O) groups is 1. The van der Waals surface area contributed by atoms with Crippen molar-refractivity contribution >= 4 is 34.8 Å². The monoisotopic (exact) mass is 490 g/mol. The highest BCUT2D eigenvalue weighted by atomic mass is 35.5. The van der Waals surface area contributed by atoms with Crippen molar-refractivity contribution in [2.45, 2.75) is 30.0 Å². The fraction of sp³-hybridized carbons (Fsp3) is 0.240. The summed E-state index contributed by atoms with van der Waals surface area (Å²) in [6, 6.07) is 16.7. The van der Waals surface area contributed by atoms with E-state index >= 15 is 0 Å². The van der Waals surface area contributed by atoms with Crippen LogP contribution in [0.4, 0.5) is 18.9 Å². The number of amides is 1. The summed E-state index contributed by atoms with van der Waals surface area (Å²) < 4.78 is 42.1. The van der Waals surface area contributed by atoms with Crippen LogP contribution in [0.3, 0.4) is 0 Å². The maximum absolute atomic E-state index is 14.0. The van der Waals surface area contributed by atoms with Crippen LogP contribution in [0.2, 0.25) is 10.0 Å². The zero-order valence-electron chi connectivity index (χ0n) is 17.2. The van der Waals surface area contributed by atoms with Gasteiger partial charge in [0.25, 0.3) is 0 Å². The van der Waals surface area contributed by atoms with Crippen LogP contribution in [0.25, 0.3) is 0 Å². The van der Waals surface area contributed by atoms with Gasteiger partial charge in [0.05, 0.1) is 11.6 Å². The van der Waals surface area contributed by atoms with E-state index < -0.39 is 29.1 Å². The van der Waals surface area contributed by atoms with E-state index in [4.69, 9.17) is 23.2 Å². The second kappa shape index (κ2) is 8.05.